The minimum atomic E-state index is -0.698. The van der Waals surface area contributed by atoms with Crippen molar-refractivity contribution in [1.29, 1.82) is 0 Å². The van der Waals surface area contributed by atoms with E-state index in [1.807, 2.05) is 12.1 Å². The molecule has 0 fully saturated rings. The van der Waals surface area contributed by atoms with Crippen LogP contribution in [0, 0.1) is 0 Å². The van der Waals surface area contributed by atoms with Gasteiger partial charge >= 0.3 is 5.97 Å². The number of hydrogen-bond donors (Lipinski definition) is 1. The van der Waals surface area contributed by atoms with Gasteiger partial charge < -0.3 is 19.5 Å². The fraction of sp³-hybridized carbons (Fsp3) is 0.238. The lowest BCUT2D eigenvalue weighted by atomic mass is 10.0. The zero-order valence-corrected chi connectivity index (χ0v) is 16.7. The van der Waals surface area contributed by atoms with Crippen LogP contribution >= 0.6 is 11.6 Å². The number of benzene rings is 2. The number of carbonyl (C=O) groups excluding carboxylic acids is 2. The SMILES string of the molecule is CN/C(C)=C(\C(=O)OC)C(=O)c1cccc(OCCOc2ccccc2Cl)c1. The second-order valence-electron chi connectivity index (χ2n) is 5.73. The maximum atomic E-state index is 12.8. The first-order valence-corrected chi connectivity index (χ1v) is 8.97. The van der Waals surface area contributed by atoms with Gasteiger partial charge in [0.05, 0.1) is 12.1 Å². The topological polar surface area (TPSA) is 73.9 Å². The molecule has 6 nitrogen and oxygen atoms in total. The molecule has 0 unspecified atom stereocenters. The number of allylic oxidation sites excluding steroid dienone is 1. The molecule has 2 aromatic carbocycles. The van der Waals surface area contributed by atoms with Gasteiger partial charge in [0.1, 0.15) is 30.3 Å². The number of Topliss-reactive ketones (excluding diaryl/α,β-unsaturated/α-hetero) is 1. The van der Waals surface area contributed by atoms with Crippen LogP contribution in [0.1, 0.15) is 17.3 Å². The second-order valence-corrected chi connectivity index (χ2v) is 6.13. The maximum Gasteiger partial charge on any atom is 0.343 e. The lowest BCUT2D eigenvalue weighted by Crippen LogP contribution is -2.21. The summed E-state index contributed by atoms with van der Waals surface area (Å²) >= 11 is 6.03. The number of ketones is 1. The largest absolute Gasteiger partial charge is 0.490 e. The molecule has 0 aliphatic heterocycles. The Hall–Kier alpha value is -2.99. The quantitative estimate of drug-likeness (QED) is 0.172. The van der Waals surface area contributed by atoms with Gasteiger partial charge in [-0.15, -0.1) is 0 Å². The molecular weight excluding hydrogens is 382 g/mol. The van der Waals surface area contributed by atoms with Gasteiger partial charge in [-0.2, -0.15) is 0 Å². The van der Waals surface area contributed by atoms with Gasteiger partial charge in [-0.1, -0.05) is 35.9 Å². The average Bonchev–Trinajstić information content (AvgIpc) is 2.72. The fourth-order valence-corrected chi connectivity index (χ4v) is 2.58. The summed E-state index contributed by atoms with van der Waals surface area (Å²) in [7, 11) is 2.86. The Bertz CT molecular complexity index is 879. The molecule has 0 heterocycles. The van der Waals surface area contributed by atoms with Crippen molar-refractivity contribution >= 4 is 23.4 Å². The lowest BCUT2D eigenvalue weighted by molar-refractivity contribution is -0.135. The van der Waals surface area contributed by atoms with E-state index in [4.69, 9.17) is 25.8 Å². The van der Waals surface area contributed by atoms with E-state index in [-0.39, 0.29) is 18.8 Å². The first-order valence-electron chi connectivity index (χ1n) is 8.59. The zero-order valence-electron chi connectivity index (χ0n) is 16.0. The number of hydrogen-bond acceptors (Lipinski definition) is 6. The molecule has 0 bridgehead atoms. The Balaban J connectivity index is 2.04. The van der Waals surface area contributed by atoms with Crippen LogP contribution in [0.3, 0.4) is 0 Å². The molecule has 0 saturated heterocycles. The van der Waals surface area contributed by atoms with Crippen molar-refractivity contribution in [2.45, 2.75) is 6.92 Å². The number of esters is 1. The van der Waals surface area contributed by atoms with Crippen LogP contribution < -0.4 is 14.8 Å². The van der Waals surface area contributed by atoms with Crippen LogP contribution in [0.25, 0.3) is 0 Å². The molecule has 0 aliphatic rings. The van der Waals surface area contributed by atoms with E-state index in [0.717, 1.165) is 0 Å². The van der Waals surface area contributed by atoms with Crippen LogP contribution in [0.4, 0.5) is 0 Å². The predicted molar refractivity (Wildman–Crippen MR) is 107 cm³/mol. The summed E-state index contributed by atoms with van der Waals surface area (Å²) in [5, 5.41) is 3.33. The van der Waals surface area contributed by atoms with E-state index < -0.39 is 11.8 Å². The first kappa shape index (κ1) is 21.3. The molecule has 0 saturated carbocycles. The Morgan fingerprint density at radius 2 is 1.75 bits per heavy atom. The molecule has 0 atom stereocenters. The zero-order chi connectivity index (χ0) is 20.5. The molecule has 148 valence electrons. The highest BCUT2D eigenvalue weighted by molar-refractivity contribution is 6.32. The van der Waals surface area contributed by atoms with E-state index in [1.54, 1.807) is 50.4 Å². The Morgan fingerprint density at radius 3 is 2.43 bits per heavy atom. The number of rotatable bonds is 9. The monoisotopic (exact) mass is 403 g/mol. The molecule has 0 aromatic heterocycles. The predicted octanol–water partition coefficient (Wildman–Crippen LogP) is 3.65. The molecule has 1 N–H and O–H groups in total. The third-order valence-corrected chi connectivity index (χ3v) is 4.22. The Kier molecular flexibility index (Phi) is 7.89. The van der Waals surface area contributed by atoms with Gasteiger partial charge in [-0.3, -0.25) is 4.79 Å². The van der Waals surface area contributed by atoms with Crippen LogP contribution in [0.5, 0.6) is 11.5 Å². The number of para-hydroxylation sites is 1. The highest BCUT2D eigenvalue weighted by Gasteiger charge is 2.23. The molecule has 28 heavy (non-hydrogen) atoms. The van der Waals surface area contributed by atoms with Crippen molar-refractivity contribution in [3.63, 3.8) is 0 Å². The van der Waals surface area contributed by atoms with Gasteiger partial charge in [0.15, 0.2) is 0 Å². The summed E-state index contributed by atoms with van der Waals surface area (Å²) in [5.41, 5.74) is 0.694. The smallest absolute Gasteiger partial charge is 0.343 e. The van der Waals surface area contributed by atoms with Crippen molar-refractivity contribution < 1.29 is 23.8 Å². The average molecular weight is 404 g/mol. The molecule has 2 aromatic rings. The molecule has 2 rings (SSSR count). The minimum absolute atomic E-state index is 0.0517. The van der Waals surface area contributed by atoms with E-state index in [0.29, 0.717) is 27.8 Å². The normalized spacial score (nSPS) is 11.3. The van der Waals surface area contributed by atoms with Crippen molar-refractivity contribution in [3.05, 3.63) is 70.4 Å². The van der Waals surface area contributed by atoms with Gasteiger partial charge in [-0.05, 0) is 31.2 Å². The molecular formula is C21H22ClNO5. The number of halogens is 1. The summed E-state index contributed by atoms with van der Waals surface area (Å²) in [4.78, 5) is 24.7. The number of methoxy groups -OCH3 is 1. The summed E-state index contributed by atoms with van der Waals surface area (Å²) in [6.45, 7) is 2.18. The van der Waals surface area contributed by atoms with Crippen molar-refractivity contribution in [2.24, 2.45) is 0 Å². The standard InChI is InChI=1S/C21H22ClNO5/c1-14(23-2)19(21(25)26-3)20(24)15-7-6-8-16(13-15)27-11-12-28-18-10-5-4-9-17(18)22/h4-10,13,23H,11-12H2,1-3H3/b19-14-. The number of ether oxygens (including phenoxy) is 3. The maximum absolute atomic E-state index is 12.8. The third kappa shape index (κ3) is 5.50. The summed E-state index contributed by atoms with van der Waals surface area (Å²) in [6.07, 6.45) is 0. The van der Waals surface area contributed by atoms with Crippen LogP contribution in [0.2, 0.25) is 5.02 Å². The van der Waals surface area contributed by atoms with E-state index in [2.05, 4.69) is 5.32 Å². The summed E-state index contributed by atoms with van der Waals surface area (Å²) < 4.78 is 15.9. The second kappa shape index (κ2) is 10.4. The van der Waals surface area contributed by atoms with Gasteiger partial charge in [0.25, 0.3) is 0 Å². The highest BCUT2D eigenvalue weighted by atomic mass is 35.5. The van der Waals surface area contributed by atoms with E-state index in [1.165, 1.54) is 7.11 Å². The van der Waals surface area contributed by atoms with E-state index in [9.17, 15) is 9.59 Å². The summed E-state index contributed by atoms with van der Waals surface area (Å²) in [6, 6.07) is 13.8. The summed E-state index contributed by atoms with van der Waals surface area (Å²) in [5.74, 6) is -0.0835. The van der Waals surface area contributed by atoms with Gasteiger partial charge in [0.2, 0.25) is 5.78 Å². The Labute approximate surface area is 169 Å². The van der Waals surface area contributed by atoms with Crippen molar-refractivity contribution in [2.75, 3.05) is 27.4 Å². The number of carbonyl (C=O) groups is 2. The first-order chi connectivity index (χ1) is 13.5. The van der Waals surface area contributed by atoms with Crippen LogP contribution in [0.15, 0.2) is 59.8 Å². The molecule has 7 heteroatoms. The van der Waals surface area contributed by atoms with Crippen molar-refractivity contribution in [1.82, 2.24) is 5.32 Å². The van der Waals surface area contributed by atoms with Crippen molar-refractivity contribution in [3.8, 4) is 11.5 Å². The molecule has 0 aliphatic carbocycles. The van der Waals surface area contributed by atoms with E-state index >= 15 is 0 Å². The lowest BCUT2D eigenvalue weighted by Gasteiger charge is -2.12. The molecule has 0 radical (unpaired) electrons. The molecule has 0 amide bonds. The minimum Gasteiger partial charge on any atom is -0.490 e. The highest BCUT2D eigenvalue weighted by Crippen LogP contribution is 2.23. The number of nitrogens with one attached hydrogen (secondary N) is 1. The Morgan fingerprint density at radius 1 is 1.04 bits per heavy atom. The molecule has 0 spiro atoms. The fourth-order valence-electron chi connectivity index (χ4n) is 2.39. The third-order valence-electron chi connectivity index (χ3n) is 3.91. The van der Waals surface area contributed by atoms with Crippen LogP contribution in [-0.2, 0) is 9.53 Å². The van der Waals surface area contributed by atoms with Crippen LogP contribution in [-0.4, -0.2) is 39.1 Å². The van der Waals surface area contributed by atoms with Gasteiger partial charge in [-0.25, -0.2) is 4.79 Å². The van der Waals surface area contributed by atoms with Gasteiger partial charge in [0, 0.05) is 18.3 Å².